The Bertz CT molecular complexity index is 1060. The summed E-state index contributed by atoms with van der Waals surface area (Å²) in [6, 6.07) is 18.0. The van der Waals surface area contributed by atoms with Gasteiger partial charge in [0.1, 0.15) is 0 Å². The fourth-order valence-electron chi connectivity index (χ4n) is 3.99. The van der Waals surface area contributed by atoms with E-state index in [1.54, 1.807) is 0 Å². The lowest BCUT2D eigenvalue weighted by Gasteiger charge is -2.30. The van der Waals surface area contributed by atoms with Crippen molar-refractivity contribution in [2.24, 2.45) is 5.73 Å². The Morgan fingerprint density at radius 1 is 1.00 bits per heavy atom. The van der Waals surface area contributed by atoms with Gasteiger partial charge in [-0.1, -0.05) is 30.3 Å². The molecule has 1 aliphatic heterocycles. The summed E-state index contributed by atoms with van der Waals surface area (Å²) in [5, 5.41) is 3.80. The lowest BCUT2D eigenvalue weighted by Crippen LogP contribution is -2.39. The van der Waals surface area contributed by atoms with Gasteiger partial charge in [-0.15, -0.1) is 11.3 Å². The molecule has 4 aromatic rings. The number of piperidine rings is 1. The van der Waals surface area contributed by atoms with Gasteiger partial charge in [0, 0.05) is 45.5 Å². The largest absolute Gasteiger partial charge is 0.328 e. The molecule has 0 spiro atoms. The van der Waals surface area contributed by atoms with Gasteiger partial charge in [0.2, 0.25) is 0 Å². The summed E-state index contributed by atoms with van der Waals surface area (Å²) < 4.78 is 1.32. The molecule has 0 amide bonds. The number of nitrogens with two attached hydrogens (primary N) is 1. The number of hydrogen-bond donors (Lipinski definition) is 1. The van der Waals surface area contributed by atoms with E-state index in [2.05, 4.69) is 58.4 Å². The summed E-state index contributed by atoms with van der Waals surface area (Å²) in [6.07, 6.45) is 6.18. The molecule has 0 saturated carbocycles. The molecule has 0 atom stereocenters. The molecule has 27 heavy (non-hydrogen) atoms. The lowest BCUT2D eigenvalue weighted by atomic mass is 10.0. The number of benzene rings is 2. The Balaban J connectivity index is 1.52. The van der Waals surface area contributed by atoms with E-state index in [1.165, 1.54) is 36.9 Å². The Morgan fingerprint density at radius 2 is 1.85 bits per heavy atom. The number of fused-ring (bicyclic) bond motifs is 2. The second-order valence-corrected chi connectivity index (χ2v) is 8.59. The van der Waals surface area contributed by atoms with E-state index in [0.29, 0.717) is 6.04 Å². The summed E-state index contributed by atoms with van der Waals surface area (Å²) >= 11 is 1.84. The molecular formula is C23H23N3S. The highest BCUT2D eigenvalue weighted by molar-refractivity contribution is 7.22. The van der Waals surface area contributed by atoms with Crippen LogP contribution in [-0.4, -0.2) is 29.0 Å². The zero-order chi connectivity index (χ0) is 18.2. The van der Waals surface area contributed by atoms with Crippen LogP contribution in [0.25, 0.3) is 31.3 Å². The smallest absolute Gasteiger partial charge is 0.0377 e. The molecule has 2 N–H and O–H groups in total. The molecule has 0 unspecified atom stereocenters. The number of pyridine rings is 1. The number of thiophene rings is 1. The zero-order valence-electron chi connectivity index (χ0n) is 15.3. The molecule has 3 nitrogen and oxygen atoms in total. The lowest BCUT2D eigenvalue weighted by molar-refractivity contribution is 0.206. The van der Waals surface area contributed by atoms with Crippen LogP contribution < -0.4 is 5.73 Å². The van der Waals surface area contributed by atoms with Gasteiger partial charge in [-0.05, 0) is 60.5 Å². The molecule has 0 bridgehead atoms. The van der Waals surface area contributed by atoms with Crippen molar-refractivity contribution in [2.75, 3.05) is 13.1 Å². The molecule has 136 valence electrons. The van der Waals surface area contributed by atoms with Crippen molar-refractivity contribution in [3.05, 3.63) is 66.5 Å². The normalized spacial score (nSPS) is 16.3. The molecule has 0 aliphatic carbocycles. The van der Waals surface area contributed by atoms with Gasteiger partial charge >= 0.3 is 0 Å². The van der Waals surface area contributed by atoms with Gasteiger partial charge < -0.3 is 5.73 Å². The Kier molecular flexibility index (Phi) is 4.40. The molecule has 1 aliphatic rings. The maximum Gasteiger partial charge on any atom is 0.0377 e. The highest BCUT2D eigenvalue weighted by Crippen LogP contribution is 2.37. The van der Waals surface area contributed by atoms with Gasteiger partial charge in [-0.3, -0.25) is 9.88 Å². The first-order valence-electron chi connectivity index (χ1n) is 9.60. The molecule has 3 heterocycles. The van der Waals surface area contributed by atoms with Crippen molar-refractivity contribution in [1.82, 2.24) is 9.88 Å². The molecule has 1 saturated heterocycles. The van der Waals surface area contributed by atoms with Crippen LogP contribution in [-0.2, 0) is 6.54 Å². The third kappa shape index (κ3) is 3.36. The van der Waals surface area contributed by atoms with E-state index in [0.717, 1.165) is 32.5 Å². The average molecular weight is 374 g/mol. The Hall–Kier alpha value is -2.27. The molecular weight excluding hydrogens is 350 g/mol. The predicted octanol–water partition coefficient (Wildman–Crippen LogP) is 5.04. The maximum atomic E-state index is 6.05. The predicted molar refractivity (Wildman–Crippen MR) is 115 cm³/mol. The Morgan fingerprint density at radius 3 is 2.70 bits per heavy atom. The third-order valence-electron chi connectivity index (χ3n) is 5.55. The zero-order valence-corrected chi connectivity index (χ0v) is 16.1. The van der Waals surface area contributed by atoms with E-state index >= 15 is 0 Å². The van der Waals surface area contributed by atoms with E-state index in [-0.39, 0.29) is 0 Å². The first kappa shape index (κ1) is 16.9. The highest BCUT2D eigenvalue weighted by Gasteiger charge is 2.16. The van der Waals surface area contributed by atoms with E-state index in [1.807, 2.05) is 23.7 Å². The SMILES string of the molecule is NC1CCN(Cc2ccc3cncc(-c4cc5ccccc5s4)c3c2)CC1. The van der Waals surface area contributed by atoms with Crippen molar-refractivity contribution in [2.45, 2.75) is 25.4 Å². The molecule has 0 radical (unpaired) electrons. The van der Waals surface area contributed by atoms with Crippen molar-refractivity contribution >= 4 is 32.2 Å². The van der Waals surface area contributed by atoms with Gasteiger partial charge in [0.25, 0.3) is 0 Å². The number of aromatic nitrogens is 1. The van der Waals surface area contributed by atoms with E-state index in [9.17, 15) is 0 Å². The molecule has 5 rings (SSSR count). The fraction of sp³-hybridized carbons (Fsp3) is 0.261. The number of hydrogen-bond acceptors (Lipinski definition) is 4. The highest BCUT2D eigenvalue weighted by atomic mass is 32.1. The van der Waals surface area contributed by atoms with Crippen molar-refractivity contribution in [3.63, 3.8) is 0 Å². The first-order valence-corrected chi connectivity index (χ1v) is 10.4. The summed E-state index contributed by atoms with van der Waals surface area (Å²) in [5.74, 6) is 0. The van der Waals surface area contributed by atoms with Crippen molar-refractivity contribution in [1.29, 1.82) is 0 Å². The minimum Gasteiger partial charge on any atom is -0.328 e. The second kappa shape index (κ2) is 7.04. The standard InChI is InChI=1S/C23H23N3S/c24-19-7-9-26(10-8-19)15-16-5-6-18-13-25-14-21(20(18)11-16)23-12-17-3-1-2-4-22(17)27-23/h1-6,11-14,19H,7-10,15,24H2. The molecule has 1 fully saturated rings. The quantitative estimate of drug-likeness (QED) is 0.547. The van der Waals surface area contributed by atoms with Crippen LogP contribution in [0, 0.1) is 0 Å². The van der Waals surface area contributed by atoms with Crippen LogP contribution >= 0.6 is 11.3 Å². The minimum atomic E-state index is 0.378. The van der Waals surface area contributed by atoms with Crippen LogP contribution in [0.3, 0.4) is 0 Å². The summed E-state index contributed by atoms with van der Waals surface area (Å²) in [7, 11) is 0. The molecule has 2 aromatic carbocycles. The van der Waals surface area contributed by atoms with Crippen LogP contribution in [0.4, 0.5) is 0 Å². The topological polar surface area (TPSA) is 42.1 Å². The van der Waals surface area contributed by atoms with Gasteiger partial charge in [0.05, 0.1) is 0 Å². The maximum absolute atomic E-state index is 6.05. The number of likely N-dealkylation sites (tertiary alicyclic amines) is 1. The monoisotopic (exact) mass is 373 g/mol. The average Bonchev–Trinajstić information content (AvgIpc) is 3.13. The number of rotatable bonds is 3. The second-order valence-electron chi connectivity index (χ2n) is 7.50. The number of nitrogens with zero attached hydrogens (tertiary/aromatic N) is 2. The molecule has 4 heteroatoms. The first-order chi connectivity index (χ1) is 13.3. The van der Waals surface area contributed by atoms with E-state index in [4.69, 9.17) is 5.73 Å². The minimum absolute atomic E-state index is 0.378. The van der Waals surface area contributed by atoms with E-state index < -0.39 is 0 Å². The van der Waals surface area contributed by atoms with Crippen LogP contribution in [0.15, 0.2) is 60.9 Å². The van der Waals surface area contributed by atoms with Crippen LogP contribution in [0.2, 0.25) is 0 Å². The summed E-state index contributed by atoms with van der Waals surface area (Å²) in [4.78, 5) is 8.30. The van der Waals surface area contributed by atoms with Gasteiger partial charge in [-0.25, -0.2) is 0 Å². The molecule has 2 aromatic heterocycles. The Labute approximate surface area is 163 Å². The fourth-order valence-corrected chi connectivity index (χ4v) is 5.08. The summed E-state index contributed by atoms with van der Waals surface area (Å²) in [5.41, 5.74) is 8.65. The van der Waals surface area contributed by atoms with Gasteiger partial charge in [0.15, 0.2) is 0 Å². The van der Waals surface area contributed by atoms with Crippen LogP contribution in [0.5, 0.6) is 0 Å². The summed E-state index contributed by atoms with van der Waals surface area (Å²) in [6.45, 7) is 3.19. The van der Waals surface area contributed by atoms with Gasteiger partial charge in [-0.2, -0.15) is 0 Å². The van der Waals surface area contributed by atoms with Crippen molar-refractivity contribution in [3.8, 4) is 10.4 Å². The third-order valence-corrected chi connectivity index (χ3v) is 6.70. The van der Waals surface area contributed by atoms with Crippen LogP contribution in [0.1, 0.15) is 18.4 Å². The van der Waals surface area contributed by atoms with Crippen molar-refractivity contribution < 1.29 is 0 Å².